The Balaban J connectivity index is 1.84. The number of ketones is 1. The molecule has 0 heterocycles. The fraction of sp³-hybridized carbons (Fsp3) is 0.0476. The molecule has 3 rings (SSSR count). The Morgan fingerprint density at radius 3 is 2.24 bits per heavy atom. The Kier molecular flexibility index (Phi) is 6.10. The van der Waals surface area contributed by atoms with E-state index in [1.807, 2.05) is 0 Å². The zero-order valence-corrected chi connectivity index (χ0v) is 16.5. The Morgan fingerprint density at radius 2 is 1.59 bits per heavy atom. The summed E-state index contributed by atoms with van der Waals surface area (Å²) in [6, 6.07) is 16.9. The van der Waals surface area contributed by atoms with Crippen molar-refractivity contribution in [2.24, 2.45) is 0 Å². The minimum Gasteiger partial charge on any atom is -0.325 e. The van der Waals surface area contributed by atoms with Gasteiger partial charge in [0.05, 0.1) is 10.6 Å². The normalized spacial score (nSPS) is 11.1. The summed E-state index contributed by atoms with van der Waals surface area (Å²) in [6.45, 7) is 0. The van der Waals surface area contributed by atoms with E-state index in [4.69, 9.17) is 11.6 Å². The first-order valence-electron chi connectivity index (χ1n) is 8.44. The van der Waals surface area contributed by atoms with Crippen molar-refractivity contribution in [1.82, 2.24) is 0 Å². The monoisotopic (exact) mass is 431 g/mol. The maximum absolute atomic E-state index is 13.0. The summed E-state index contributed by atoms with van der Waals surface area (Å²) >= 11 is 5.99. The van der Waals surface area contributed by atoms with E-state index in [1.165, 1.54) is 18.2 Å². The maximum atomic E-state index is 13.0. The van der Waals surface area contributed by atoms with Crippen molar-refractivity contribution in [3.8, 4) is 0 Å². The zero-order valence-electron chi connectivity index (χ0n) is 14.9. The Morgan fingerprint density at radius 1 is 0.931 bits per heavy atom. The summed E-state index contributed by atoms with van der Waals surface area (Å²) in [6.07, 6.45) is 0. The van der Waals surface area contributed by atoms with Crippen LogP contribution in [-0.2, 0) is 14.6 Å². The highest BCUT2D eigenvalue weighted by Crippen LogP contribution is 2.24. The van der Waals surface area contributed by atoms with E-state index < -0.39 is 27.3 Å². The molecule has 1 N–H and O–H groups in total. The highest BCUT2D eigenvalue weighted by atomic mass is 35.5. The summed E-state index contributed by atoms with van der Waals surface area (Å²) in [5.74, 6) is -2.65. The first kappa shape index (κ1) is 20.7. The van der Waals surface area contributed by atoms with Crippen molar-refractivity contribution in [3.63, 3.8) is 0 Å². The van der Waals surface area contributed by atoms with Crippen LogP contribution in [0.25, 0.3) is 0 Å². The quantitative estimate of drug-likeness (QED) is 0.470. The van der Waals surface area contributed by atoms with E-state index in [-0.39, 0.29) is 21.9 Å². The van der Waals surface area contributed by atoms with Crippen molar-refractivity contribution in [3.05, 3.63) is 94.8 Å². The van der Waals surface area contributed by atoms with Gasteiger partial charge in [0, 0.05) is 16.1 Å². The number of amides is 1. The molecule has 0 unspecified atom stereocenters. The summed E-state index contributed by atoms with van der Waals surface area (Å²) in [5.41, 5.74) is 0.669. The molecule has 0 aromatic heterocycles. The van der Waals surface area contributed by atoms with Gasteiger partial charge in [0.15, 0.2) is 15.6 Å². The molecule has 0 spiro atoms. The Bertz CT molecular complexity index is 1160. The predicted octanol–water partition coefficient (Wildman–Crippen LogP) is 4.12. The number of hydrogen-bond acceptors (Lipinski definition) is 4. The third-order valence-electron chi connectivity index (χ3n) is 4.03. The van der Waals surface area contributed by atoms with Gasteiger partial charge < -0.3 is 5.32 Å². The zero-order chi connectivity index (χ0) is 21.0. The summed E-state index contributed by atoms with van der Waals surface area (Å²) in [4.78, 5) is 25.0. The van der Waals surface area contributed by atoms with E-state index in [1.54, 1.807) is 30.3 Å². The molecule has 0 atom stereocenters. The SMILES string of the molecule is O=C(CS(=O)(=O)c1ccc(F)cc1)Nc1ccc(Cl)cc1C(=O)c1ccccc1. The number of halogens is 2. The van der Waals surface area contributed by atoms with Gasteiger partial charge in [-0.2, -0.15) is 0 Å². The maximum Gasteiger partial charge on any atom is 0.239 e. The molecule has 3 aromatic rings. The van der Waals surface area contributed by atoms with Gasteiger partial charge in [-0.05, 0) is 42.5 Å². The molecule has 5 nitrogen and oxygen atoms in total. The summed E-state index contributed by atoms with van der Waals surface area (Å²) < 4.78 is 37.7. The number of nitrogens with one attached hydrogen (secondary N) is 1. The Labute approximate surface area is 172 Å². The van der Waals surface area contributed by atoms with Gasteiger partial charge >= 0.3 is 0 Å². The predicted molar refractivity (Wildman–Crippen MR) is 108 cm³/mol. The van der Waals surface area contributed by atoms with Gasteiger partial charge in [-0.1, -0.05) is 41.9 Å². The third-order valence-corrected chi connectivity index (χ3v) is 5.90. The average Bonchev–Trinajstić information content (AvgIpc) is 2.69. The molecule has 148 valence electrons. The minimum absolute atomic E-state index is 0.135. The first-order valence-corrected chi connectivity index (χ1v) is 10.5. The van der Waals surface area contributed by atoms with Gasteiger partial charge in [-0.15, -0.1) is 0 Å². The van der Waals surface area contributed by atoms with E-state index in [9.17, 15) is 22.4 Å². The van der Waals surface area contributed by atoms with Crippen LogP contribution >= 0.6 is 11.6 Å². The van der Waals surface area contributed by atoms with Crippen molar-refractivity contribution in [2.45, 2.75) is 4.90 Å². The number of benzene rings is 3. The molecular weight excluding hydrogens is 417 g/mol. The minimum atomic E-state index is -3.98. The fourth-order valence-electron chi connectivity index (χ4n) is 2.64. The number of hydrogen-bond donors (Lipinski definition) is 1. The van der Waals surface area contributed by atoms with Gasteiger partial charge in [-0.25, -0.2) is 12.8 Å². The fourth-order valence-corrected chi connectivity index (χ4v) is 3.95. The number of carbonyl (C=O) groups excluding carboxylic acids is 2. The second-order valence-electron chi connectivity index (χ2n) is 6.15. The van der Waals surface area contributed by atoms with Crippen LogP contribution in [0.4, 0.5) is 10.1 Å². The molecule has 0 aliphatic rings. The summed E-state index contributed by atoms with van der Waals surface area (Å²) in [7, 11) is -3.98. The molecule has 0 aliphatic heterocycles. The lowest BCUT2D eigenvalue weighted by Gasteiger charge is -2.11. The largest absolute Gasteiger partial charge is 0.325 e. The van der Waals surface area contributed by atoms with Gasteiger partial charge in [-0.3, -0.25) is 9.59 Å². The van der Waals surface area contributed by atoms with Crippen molar-refractivity contribution < 1.29 is 22.4 Å². The van der Waals surface area contributed by atoms with Crippen molar-refractivity contribution in [2.75, 3.05) is 11.1 Å². The molecule has 0 saturated heterocycles. The lowest BCUT2D eigenvalue weighted by Crippen LogP contribution is -2.24. The van der Waals surface area contributed by atoms with Gasteiger partial charge in [0.1, 0.15) is 11.6 Å². The average molecular weight is 432 g/mol. The molecule has 0 fully saturated rings. The second-order valence-corrected chi connectivity index (χ2v) is 8.57. The number of rotatable bonds is 6. The topological polar surface area (TPSA) is 80.3 Å². The van der Waals surface area contributed by atoms with Crippen LogP contribution in [0.3, 0.4) is 0 Å². The van der Waals surface area contributed by atoms with Crippen LogP contribution in [0.2, 0.25) is 5.02 Å². The van der Waals surface area contributed by atoms with Crippen LogP contribution in [0.1, 0.15) is 15.9 Å². The van der Waals surface area contributed by atoms with E-state index in [0.29, 0.717) is 10.6 Å². The van der Waals surface area contributed by atoms with E-state index >= 15 is 0 Å². The standard InChI is InChI=1S/C21H15ClFNO4S/c22-15-6-11-19(18(12-15)21(26)14-4-2-1-3-5-14)24-20(25)13-29(27,28)17-9-7-16(23)8-10-17/h1-12H,13H2,(H,24,25). The molecule has 0 radical (unpaired) electrons. The Hall–Kier alpha value is -3.03. The third kappa shape index (κ3) is 5.07. The number of sulfone groups is 1. The molecule has 8 heteroatoms. The van der Waals surface area contributed by atoms with Crippen LogP contribution in [0.5, 0.6) is 0 Å². The van der Waals surface area contributed by atoms with E-state index in [2.05, 4.69) is 5.32 Å². The molecule has 1 amide bonds. The van der Waals surface area contributed by atoms with Crippen LogP contribution < -0.4 is 5.32 Å². The first-order chi connectivity index (χ1) is 13.8. The van der Waals surface area contributed by atoms with Crippen LogP contribution in [0.15, 0.2) is 77.7 Å². The number of anilines is 1. The molecule has 3 aromatic carbocycles. The van der Waals surface area contributed by atoms with Crippen molar-refractivity contribution in [1.29, 1.82) is 0 Å². The molecular formula is C21H15ClFNO4S. The smallest absolute Gasteiger partial charge is 0.239 e. The van der Waals surface area contributed by atoms with Crippen LogP contribution in [0, 0.1) is 5.82 Å². The van der Waals surface area contributed by atoms with Gasteiger partial charge in [0.2, 0.25) is 5.91 Å². The number of carbonyl (C=O) groups is 2. The molecule has 0 saturated carbocycles. The van der Waals surface area contributed by atoms with Crippen LogP contribution in [-0.4, -0.2) is 25.9 Å². The molecule has 29 heavy (non-hydrogen) atoms. The molecule has 0 bridgehead atoms. The highest BCUT2D eigenvalue weighted by Gasteiger charge is 2.22. The van der Waals surface area contributed by atoms with E-state index in [0.717, 1.165) is 24.3 Å². The van der Waals surface area contributed by atoms with Gasteiger partial charge in [0.25, 0.3) is 0 Å². The lowest BCUT2D eigenvalue weighted by molar-refractivity contribution is -0.113. The van der Waals surface area contributed by atoms with Crippen molar-refractivity contribution >= 4 is 38.8 Å². The summed E-state index contributed by atoms with van der Waals surface area (Å²) in [5, 5.41) is 2.75. The molecule has 0 aliphatic carbocycles. The lowest BCUT2D eigenvalue weighted by atomic mass is 10.0. The highest BCUT2D eigenvalue weighted by molar-refractivity contribution is 7.92. The second kappa shape index (κ2) is 8.55.